The number of aryl methyl sites for hydroxylation is 1. The molecule has 1 aliphatic rings. The molecule has 3 nitrogen and oxygen atoms in total. The Morgan fingerprint density at radius 3 is 2.41 bits per heavy atom. The molecular formula is C25H21F4NO2S2. The minimum absolute atomic E-state index is 0.249. The van der Waals surface area contributed by atoms with Crippen LogP contribution in [0.15, 0.2) is 69.3 Å². The van der Waals surface area contributed by atoms with E-state index in [-0.39, 0.29) is 11.5 Å². The summed E-state index contributed by atoms with van der Waals surface area (Å²) in [7, 11) is 0. The van der Waals surface area contributed by atoms with Crippen LogP contribution in [0.5, 0.6) is 0 Å². The highest BCUT2D eigenvalue weighted by atomic mass is 32.2. The van der Waals surface area contributed by atoms with E-state index in [4.69, 9.17) is 0 Å². The van der Waals surface area contributed by atoms with Crippen LogP contribution in [0, 0.1) is 12.7 Å². The van der Waals surface area contributed by atoms with E-state index < -0.39 is 39.5 Å². The Balaban J connectivity index is 1.82. The Labute approximate surface area is 202 Å². The highest BCUT2D eigenvalue weighted by Crippen LogP contribution is 2.51. The fraction of sp³-hybridized carbons (Fsp3) is 0.280. The van der Waals surface area contributed by atoms with Gasteiger partial charge >= 0.3 is 6.18 Å². The van der Waals surface area contributed by atoms with Gasteiger partial charge in [0, 0.05) is 27.7 Å². The number of nitrogens with zero attached hydrogens (tertiary/aromatic N) is 1. The second-order valence-electron chi connectivity index (χ2n) is 8.60. The van der Waals surface area contributed by atoms with Crippen LogP contribution in [-0.2, 0) is 17.4 Å². The van der Waals surface area contributed by atoms with Crippen LogP contribution >= 0.6 is 23.5 Å². The van der Waals surface area contributed by atoms with Gasteiger partial charge in [-0.25, -0.2) is 4.39 Å². The predicted molar refractivity (Wildman–Crippen MR) is 126 cm³/mol. The number of thioether (sulfide) groups is 2. The maximum Gasteiger partial charge on any atom is 0.416 e. The Morgan fingerprint density at radius 2 is 1.76 bits per heavy atom. The van der Waals surface area contributed by atoms with E-state index >= 15 is 0 Å². The number of alkyl halides is 3. The molecule has 0 saturated carbocycles. The lowest BCUT2D eigenvalue weighted by Crippen LogP contribution is -2.35. The van der Waals surface area contributed by atoms with Crippen LogP contribution in [0.4, 0.5) is 17.6 Å². The summed E-state index contributed by atoms with van der Waals surface area (Å²) in [4.78, 5) is 27.1. The van der Waals surface area contributed by atoms with E-state index in [1.54, 1.807) is 31.2 Å². The van der Waals surface area contributed by atoms with E-state index in [1.807, 2.05) is 19.9 Å². The standard InChI is InChI=1S/C25H21F4NO2S2/c1-14-12-20(31)30-21(23(32)33-15-8-5-4-6-9-15)24(2,3)34-22(30)16(14)13-17-18(25(27,28)29)10-7-11-19(17)26/h4-12,21H,13H2,1-3H3. The molecule has 0 spiro atoms. The number of rotatable bonds is 4. The van der Waals surface area contributed by atoms with Crippen LogP contribution in [0.3, 0.4) is 0 Å². The van der Waals surface area contributed by atoms with Gasteiger partial charge in [-0.05, 0) is 67.9 Å². The van der Waals surface area contributed by atoms with E-state index in [2.05, 4.69) is 0 Å². The minimum atomic E-state index is -4.72. The molecule has 1 aliphatic heterocycles. The lowest BCUT2D eigenvalue weighted by Gasteiger charge is -2.24. The second kappa shape index (κ2) is 8.92. The highest BCUT2D eigenvalue weighted by Gasteiger charge is 2.46. The first-order valence-electron chi connectivity index (χ1n) is 10.5. The number of pyridine rings is 1. The molecule has 0 fully saturated rings. The molecule has 178 valence electrons. The van der Waals surface area contributed by atoms with Crippen molar-refractivity contribution in [2.75, 3.05) is 0 Å². The van der Waals surface area contributed by atoms with Crippen molar-refractivity contribution < 1.29 is 22.4 Å². The second-order valence-corrected chi connectivity index (χ2v) is 11.3. The number of benzene rings is 2. The third kappa shape index (κ3) is 4.55. The fourth-order valence-corrected chi connectivity index (χ4v) is 6.76. The first-order valence-corrected chi connectivity index (χ1v) is 12.1. The zero-order valence-corrected chi connectivity index (χ0v) is 20.2. The smallest absolute Gasteiger partial charge is 0.290 e. The van der Waals surface area contributed by atoms with Crippen molar-refractivity contribution in [2.45, 2.75) is 54.1 Å². The SMILES string of the molecule is Cc1cc(=O)n2c(c1Cc1c(F)cccc1C(F)(F)F)SC(C)(C)C2C(=O)Sc1ccccc1. The molecule has 0 saturated heterocycles. The fourth-order valence-electron chi connectivity index (χ4n) is 4.17. The van der Waals surface area contributed by atoms with Gasteiger partial charge in [-0.15, -0.1) is 0 Å². The first kappa shape index (κ1) is 24.6. The van der Waals surface area contributed by atoms with Gasteiger partial charge in [-0.2, -0.15) is 13.2 Å². The summed E-state index contributed by atoms with van der Waals surface area (Å²) in [5.41, 5.74) is -1.07. The van der Waals surface area contributed by atoms with Crippen LogP contribution < -0.4 is 5.56 Å². The van der Waals surface area contributed by atoms with Crippen molar-refractivity contribution in [3.63, 3.8) is 0 Å². The van der Waals surface area contributed by atoms with Gasteiger partial charge in [-0.1, -0.05) is 36.0 Å². The molecule has 1 atom stereocenters. The third-order valence-electron chi connectivity index (χ3n) is 5.77. The Morgan fingerprint density at radius 1 is 1.09 bits per heavy atom. The van der Waals surface area contributed by atoms with Crippen molar-refractivity contribution in [1.82, 2.24) is 4.57 Å². The first-order chi connectivity index (χ1) is 15.9. The van der Waals surface area contributed by atoms with Crippen molar-refractivity contribution in [3.05, 3.63) is 93.0 Å². The van der Waals surface area contributed by atoms with Gasteiger partial charge in [0.1, 0.15) is 11.9 Å². The van der Waals surface area contributed by atoms with Crippen LogP contribution in [0.1, 0.15) is 42.1 Å². The summed E-state index contributed by atoms with van der Waals surface area (Å²) in [6, 6.07) is 12.4. The number of hydrogen-bond acceptors (Lipinski definition) is 4. The lowest BCUT2D eigenvalue weighted by molar-refractivity contribution is -0.138. The van der Waals surface area contributed by atoms with Gasteiger partial charge in [0.05, 0.1) is 10.6 Å². The molecular weight excluding hydrogens is 486 g/mol. The molecule has 0 aliphatic carbocycles. The number of carbonyl (C=O) groups is 1. The normalized spacial score (nSPS) is 17.0. The van der Waals surface area contributed by atoms with Crippen molar-refractivity contribution in [1.29, 1.82) is 0 Å². The number of aromatic nitrogens is 1. The summed E-state index contributed by atoms with van der Waals surface area (Å²) in [5, 5.41) is 0.152. The van der Waals surface area contributed by atoms with Crippen LogP contribution in [0.25, 0.3) is 0 Å². The molecule has 4 rings (SSSR count). The van der Waals surface area contributed by atoms with Gasteiger partial charge in [-0.3, -0.25) is 14.2 Å². The molecule has 0 radical (unpaired) electrons. The quantitative estimate of drug-likeness (QED) is 0.293. The average Bonchev–Trinajstić information content (AvgIpc) is 3.03. The average molecular weight is 508 g/mol. The molecule has 2 heterocycles. The summed E-state index contributed by atoms with van der Waals surface area (Å²) >= 11 is 2.28. The topological polar surface area (TPSA) is 39.1 Å². The Hall–Kier alpha value is -2.52. The van der Waals surface area contributed by atoms with E-state index in [0.717, 1.165) is 34.9 Å². The number of fused-ring (bicyclic) bond motifs is 1. The summed E-state index contributed by atoms with van der Waals surface area (Å²) in [5.74, 6) is -0.964. The van der Waals surface area contributed by atoms with Gasteiger partial charge in [0.15, 0.2) is 0 Å². The molecule has 3 aromatic rings. The lowest BCUT2D eigenvalue weighted by atomic mass is 9.96. The van der Waals surface area contributed by atoms with Gasteiger partial charge < -0.3 is 0 Å². The minimum Gasteiger partial charge on any atom is -0.290 e. The molecule has 34 heavy (non-hydrogen) atoms. The van der Waals surface area contributed by atoms with E-state index in [9.17, 15) is 27.2 Å². The zero-order chi connectivity index (χ0) is 24.8. The summed E-state index contributed by atoms with van der Waals surface area (Å²) < 4.78 is 56.0. The van der Waals surface area contributed by atoms with Gasteiger partial charge in [0.25, 0.3) is 5.56 Å². The molecule has 1 aromatic heterocycles. The van der Waals surface area contributed by atoms with Crippen molar-refractivity contribution in [2.24, 2.45) is 0 Å². The summed E-state index contributed by atoms with van der Waals surface area (Å²) in [6.07, 6.45) is -5.07. The van der Waals surface area contributed by atoms with Gasteiger partial charge in [0.2, 0.25) is 5.12 Å². The third-order valence-corrected chi connectivity index (χ3v) is 8.09. The van der Waals surface area contributed by atoms with Crippen LogP contribution in [-0.4, -0.2) is 14.4 Å². The molecule has 9 heteroatoms. The Kier molecular flexibility index (Phi) is 6.46. The molecule has 0 N–H and O–H groups in total. The predicted octanol–water partition coefficient (Wildman–Crippen LogP) is 6.65. The molecule has 0 bridgehead atoms. The maximum absolute atomic E-state index is 14.6. The summed E-state index contributed by atoms with van der Waals surface area (Å²) in [6.45, 7) is 5.26. The maximum atomic E-state index is 14.6. The molecule has 2 aromatic carbocycles. The Bertz CT molecular complexity index is 1320. The molecule has 1 unspecified atom stereocenters. The van der Waals surface area contributed by atoms with Crippen molar-refractivity contribution in [3.8, 4) is 0 Å². The van der Waals surface area contributed by atoms with Crippen LogP contribution in [0.2, 0.25) is 0 Å². The molecule has 0 amide bonds. The number of carbonyl (C=O) groups excluding carboxylic acids is 1. The van der Waals surface area contributed by atoms with Crippen molar-refractivity contribution >= 4 is 28.6 Å². The van der Waals surface area contributed by atoms with E-state index in [0.29, 0.717) is 16.2 Å². The largest absolute Gasteiger partial charge is 0.416 e. The van der Waals surface area contributed by atoms with E-state index in [1.165, 1.54) is 22.4 Å². The monoisotopic (exact) mass is 507 g/mol. The number of halogens is 4. The zero-order valence-electron chi connectivity index (χ0n) is 18.6. The highest BCUT2D eigenvalue weighted by molar-refractivity contribution is 8.14. The number of hydrogen-bond donors (Lipinski definition) is 0.